The third-order valence-corrected chi connectivity index (χ3v) is 6.32. The minimum Gasteiger partial charge on any atom is -0.481 e. The van der Waals surface area contributed by atoms with Crippen molar-refractivity contribution in [2.45, 2.75) is 17.9 Å². The number of ether oxygens (including phenoxy) is 1. The Balaban J connectivity index is 1.59. The molecule has 0 radical (unpaired) electrons. The Morgan fingerprint density at radius 2 is 1.59 bits per heavy atom. The number of carbonyl (C=O) groups is 1. The van der Waals surface area contributed by atoms with E-state index in [4.69, 9.17) is 4.74 Å². The Labute approximate surface area is 158 Å². The number of hydrogen-bond acceptors (Lipinski definition) is 4. The maximum Gasteiger partial charge on any atom is 0.263 e. The van der Waals surface area contributed by atoms with Crippen LogP contribution in [-0.2, 0) is 14.8 Å². The molecular weight excluding hydrogens is 371 g/mol. The number of hydrogen-bond donors (Lipinski definition) is 0. The summed E-state index contributed by atoms with van der Waals surface area (Å²) in [5.41, 5.74) is 0. The first kappa shape index (κ1) is 19.3. The van der Waals surface area contributed by atoms with E-state index in [-0.39, 0.29) is 37.0 Å². The number of benzene rings is 2. The topological polar surface area (TPSA) is 66.9 Å². The Kier molecular flexibility index (Phi) is 5.76. The first-order valence-corrected chi connectivity index (χ1v) is 10.1. The molecule has 1 unspecified atom stereocenters. The quantitative estimate of drug-likeness (QED) is 0.782. The Hall–Kier alpha value is -2.45. The summed E-state index contributed by atoms with van der Waals surface area (Å²) in [7, 11) is -3.70. The van der Waals surface area contributed by atoms with Gasteiger partial charge in [0.1, 0.15) is 11.6 Å². The third-order valence-electron chi connectivity index (χ3n) is 4.41. The van der Waals surface area contributed by atoms with E-state index < -0.39 is 21.9 Å². The zero-order valence-corrected chi connectivity index (χ0v) is 15.7. The molecule has 27 heavy (non-hydrogen) atoms. The molecule has 2 aromatic carbocycles. The summed E-state index contributed by atoms with van der Waals surface area (Å²) in [6.45, 7) is 2.60. The average molecular weight is 392 g/mol. The largest absolute Gasteiger partial charge is 0.481 e. The molecule has 1 heterocycles. The standard InChI is InChI=1S/C19H21FN2O4S/c1-15(26-17-5-3-2-4-6-17)19(23)21-11-13-22(14-12-21)27(24,25)18-9-7-16(20)8-10-18/h2-10,15H,11-14H2,1H3. The first-order chi connectivity index (χ1) is 12.9. The van der Waals surface area contributed by atoms with Crippen LogP contribution in [0.15, 0.2) is 59.5 Å². The lowest BCUT2D eigenvalue weighted by Crippen LogP contribution is -2.53. The van der Waals surface area contributed by atoms with E-state index >= 15 is 0 Å². The number of rotatable bonds is 5. The van der Waals surface area contributed by atoms with E-state index in [0.717, 1.165) is 12.1 Å². The monoisotopic (exact) mass is 392 g/mol. The van der Waals surface area contributed by atoms with E-state index in [9.17, 15) is 17.6 Å². The van der Waals surface area contributed by atoms with Crippen molar-refractivity contribution in [2.24, 2.45) is 0 Å². The van der Waals surface area contributed by atoms with Gasteiger partial charge in [0, 0.05) is 26.2 Å². The molecule has 1 aliphatic heterocycles. The van der Waals surface area contributed by atoms with Gasteiger partial charge >= 0.3 is 0 Å². The van der Waals surface area contributed by atoms with E-state index in [1.54, 1.807) is 24.0 Å². The van der Waals surface area contributed by atoms with Crippen LogP contribution in [0.4, 0.5) is 4.39 Å². The lowest BCUT2D eigenvalue weighted by molar-refractivity contribution is -0.139. The van der Waals surface area contributed by atoms with Crippen LogP contribution in [0.2, 0.25) is 0 Å². The third kappa shape index (κ3) is 4.45. The number of nitrogens with zero attached hydrogens (tertiary/aromatic N) is 2. The minimum atomic E-state index is -3.70. The molecule has 1 atom stereocenters. The van der Waals surface area contributed by atoms with Crippen LogP contribution in [0, 0.1) is 5.82 Å². The molecule has 144 valence electrons. The zero-order valence-electron chi connectivity index (χ0n) is 14.9. The maximum absolute atomic E-state index is 13.0. The Bertz CT molecular complexity index is 880. The van der Waals surface area contributed by atoms with E-state index in [1.807, 2.05) is 18.2 Å². The van der Waals surface area contributed by atoms with Crippen LogP contribution in [0.5, 0.6) is 5.75 Å². The smallest absolute Gasteiger partial charge is 0.263 e. The van der Waals surface area contributed by atoms with Crippen LogP contribution >= 0.6 is 0 Å². The minimum absolute atomic E-state index is 0.0458. The predicted octanol–water partition coefficient (Wildman–Crippen LogP) is 2.13. The normalized spacial score (nSPS) is 16.7. The number of carbonyl (C=O) groups excluding carboxylic acids is 1. The highest BCUT2D eigenvalue weighted by atomic mass is 32.2. The van der Waals surface area contributed by atoms with E-state index in [2.05, 4.69) is 0 Å². The predicted molar refractivity (Wildman–Crippen MR) is 98.3 cm³/mol. The van der Waals surface area contributed by atoms with E-state index in [0.29, 0.717) is 5.75 Å². The maximum atomic E-state index is 13.0. The van der Waals surface area contributed by atoms with Gasteiger partial charge in [-0.25, -0.2) is 12.8 Å². The van der Waals surface area contributed by atoms with Crippen molar-refractivity contribution in [1.29, 1.82) is 0 Å². The molecule has 0 N–H and O–H groups in total. The summed E-state index contributed by atoms with van der Waals surface area (Å²) in [4.78, 5) is 14.2. The highest BCUT2D eigenvalue weighted by Gasteiger charge is 2.32. The highest BCUT2D eigenvalue weighted by molar-refractivity contribution is 7.89. The molecule has 0 aliphatic carbocycles. The van der Waals surface area contributed by atoms with Gasteiger partial charge in [-0.3, -0.25) is 4.79 Å². The van der Waals surface area contributed by atoms with Crippen molar-refractivity contribution >= 4 is 15.9 Å². The summed E-state index contributed by atoms with van der Waals surface area (Å²) in [6, 6.07) is 13.8. The molecule has 1 fully saturated rings. The van der Waals surface area contributed by atoms with Crippen LogP contribution in [0.1, 0.15) is 6.92 Å². The molecule has 0 spiro atoms. The van der Waals surface area contributed by atoms with Crippen LogP contribution in [0.25, 0.3) is 0 Å². The Morgan fingerprint density at radius 1 is 1.00 bits per heavy atom. The highest BCUT2D eigenvalue weighted by Crippen LogP contribution is 2.19. The number of piperazine rings is 1. The van der Waals surface area contributed by atoms with Gasteiger partial charge in [0.2, 0.25) is 10.0 Å². The van der Waals surface area contributed by atoms with Crippen LogP contribution < -0.4 is 4.74 Å². The molecule has 1 saturated heterocycles. The molecular formula is C19H21FN2O4S. The number of para-hydroxylation sites is 1. The van der Waals surface area contributed by atoms with Gasteiger partial charge in [-0.2, -0.15) is 4.31 Å². The second-order valence-corrected chi connectivity index (χ2v) is 8.19. The molecule has 0 aromatic heterocycles. The first-order valence-electron chi connectivity index (χ1n) is 8.64. The van der Waals surface area contributed by atoms with Crippen LogP contribution in [0.3, 0.4) is 0 Å². The fourth-order valence-corrected chi connectivity index (χ4v) is 4.34. The zero-order chi connectivity index (χ0) is 19.4. The summed E-state index contributed by atoms with van der Waals surface area (Å²) in [5.74, 6) is -0.0645. The number of halogens is 1. The van der Waals surface area contributed by atoms with Crippen molar-refractivity contribution in [1.82, 2.24) is 9.21 Å². The number of amides is 1. The second-order valence-electron chi connectivity index (χ2n) is 6.26. The molecule has 3 rings (SSSR count). The molecule has 1 aliphatic rings. The van der Waals surface area contributed by atoms with Gasteiger partial charge < -0.3 is 9.64 Å². The summed E-state index contributed by atoms with van der Waals surface area (Å²) in [6.07, 6.45) is -0.660. The molecule has 1 amide bonds. The van der Waals surface area contributed by atoms with E-state index in [1.165, 1.54) is 16.4 Å². The van der Waals surface area contributed by atoms with Crippen molar-refractivity contribution in [2.75, 3.05) is 26.2 Å². The second kappa shape index (κ2) is 8.06. The fraction of sp³-hybridized carbons (Fsp3) is 0.316. The van der Waals surface area contributed by atoms with Crippen molar-refractivity contribution in [3.8, 4) is 5.75 Å². The lowest BCUT2D eigenvalue weighted by Gasteiger charge is -2.35. The van der Waals surface area contributed by atoms with Gasteiger partial charge in [0.25, 0.3) is 5.91 Å². The number of sulfonamides is 1. The van der Waals surface area contributed by atoms with Gasteiger partial charge in [0.05, 0.1) is 4.90 Å². The Morgan fingerprint density at radius 3 is 2.19 bits per heavy atom. The van der Waals surface area contributed by atoms with Crippen molar-refractivity contribution in [3.63, 3.8) is 0 Å². The molecule has 2 aromatic rings. The van der Waals surface area contributed by atoms with Gasteiger partial charge in [-0.1, -0.05) is 18.2 Å². The van der Waals surface area contributed by atoms with Gasteiger partial charge in [-0.15, -0.1) is 0 Å². The summed E-state index contributed by atoms with van der Waals surface area (Å²) < 4.78 is 45.2. The van der Waals surface area contributed by atoms with Gasteiger partial charge in [-0.05, 0) is 43.3 Å². The molecule has 0 bridgehead atoms. The summed E-state index contributed by atoms with van der Waals surface area (Å²) in [5, 5.41) is 0. The lowest BCUT2D eigenvalue weighted by atomic mass is 10.3. The van der Waals surface area contributed by atoms with Crippen LogP contribution in [-0.4, -0.2) is 55.8 Å². The molecule has 8 heteroatoms. The van der Waals surface area contributed by atoms with Crippen molar-refractivity contribution in [3.05, 3.63) is 60.4 Å². The molecule has 6 nitrogen and oxygen atoms in total. The average Bonchev–Trinajstić information content (AvgIpc) is 2.68. The van der Waals surface area contributed by atoms with Gasteiger partial charge in [0.15, 0.2) is 6.10 Å². The SMILES string of the molecule is CC(Oc1ccccc1)C(=O)N1CCN(S(=O)(=O)c2ccc(F)cc2)CC1. The van der Waals surface area contributed by atoms with Crippen molar-refractivity contribution < 1.29 is 22.3 Å². The summed E-state index contributed by atoms with van der Waals surface area (Å²) >= 11 is 0. The fourth-order valence-electron chi connectivity index (χ4n) is 2.92. The molecule has 0 saturated carbocycles.